The quantitative estimate of drug-likeness (QED) is 0.807. The van der Waals surface area contributed by atoms with Crippen LogP contribution < -0.4 is 10.2 Å². The summed E-state index contributed by atoms with van der Waals surface area (Å²) in [6, 6.07) is 0. The normalized spacial score (nSPS) is 19.3. The lowest BCUT2D eigenvalue weighted by molar-refractivity contribution is -0.124. The van der Waals surface area contributed by atoms with Gasteiger partial charge in [-0.1, -0.05) is 0 Å². The maximum Gasteiger partial charge on any atom is 0.224 e. The largest absolute Gasteiger partial charge is 0.359 e. The van der Waals surface area contributed by atoms with Crippen molar-refractivity contribution in [2.24, 2.45) is 13.0 Å². The van der Waals surface area contributed by atoms with Crippen molar-refractivity contribution in [2.45, 2.75) is 19.8 Å². The van der Waals surface area contributed by atoms with E-state index in [1.165, 1.54) is 0 Å². The fraction of sp³-hybridized carbons (Fsp3) is 0.615. The molecule has 2 heterocycles. The molecule has 0 bridgehead atoms. The summed E-state index contributed by atoms with van der Waals surface area (Å²) in [4.78, 5) is 25.1. The minimum Gasteiger partial charge on any atom is -0.359 e. The van der Waals surface area contributed by atoms with Gasteiger partial charge in [0.2, 0.25) is 5.91 Å². The molecule has 1 aliphatic heterocycles. The molecule has 1 atom stereocenters. The van der Waals surface area contributed by atoms with Crippen molar-refractivity contribution < 1.29 is 9.59 Å². The summed E-state index contributed by atoms with van der Waals surface area (Å²) in [5.41, 5.74) is 1.36. The number of rotatable bonds is 3. The Bertz CT molecular complexity index is 495. The molecule has 0 aliphatic carbocycles. The Hall–Kier alpha value is -1.85. The second-order valence-corrected chi connectivity index (χ2v) is 4.96. The van der Waals surface area contributed by atoms with Crippen LogP contribution in [0, 0.1) is 12.8 Å². The predicted octanol–water partition coefficient (Wildman–Crippen LogP) is 0.503. The minimum absolute atomic E-state index is 0.0199. The number of amides is 1. The molecule has 1 fully saturated rings. The molecular weight excluding hydrogens is 244 g/mol. The first kappa shape index (κ1) is 13.6. The van der Waals surface area contributed by atoms with Crippen LogP contribution in [0.3, 0.4) is 0 Å². The van der Waals surface area contributed by atoms with Crippen molar-refractivity contribution in [3.63, 3.8) is 0 Å². The molecule has 104 valence electrons. The standard InChI is InChI=1S/C13H20N4O2/c1-9-11(8-18)13(16(3)15-9)17-6-4-5-10(7-17)12(19)14-2/h8,10H,4-7H2,1-3H3,(H,14,19). The number of anilines is 1. The van der Waals surface area contributed by atoms with Gasteiger partial charge in [0.05, 0.1) is 17.2 Å². The SMILES string of the molecule is CNC(=O)C1CCCN(c2c(C=O)c(C)nn2C)C1. The van der Waals surface area contributed by atoms with E-state index in [-0.39, 0.29) is 11.8 Å². The topological polar surface area (TPSA) is 67.2 Å². The van der Waals surface area contributed by atoms with E-state index < -0.39 is 0 Å². The van der Waals surface area contributed by atoms with E-state index in [4.69, 9.17) is 0 Å². The molecule has 1 saturated heterocycles. The van der Waals surface area contributed by atoms with Gasteiger partial charge in [-0.05, 0) is 19.8 Å². The van der Waals surface area contributed by atoms with E-state index in [9.17, 15) is 9.59 Å². The number of piperidine rings is 1. The Morgan fingerprint density at radius 1 is 1.53 bits per heavy atom. The summed E-state index contributed by atoms with van der Waals surface area (Å²) < 4.78 is 1.73. The zero-order chi connectivity index (χ0) is 14.0. The number of aromatic nitrogens is 2. The number of aldehydes is 1. The van der Waals surface area contributed by atoms with E-state index in [1.54, 1.807) is 11.7 Å². The van der Waals surface area contributed by atoms with Crippen LogP contribution in [-0.2, 0) is 11.8 Å². The third kappa shape index (κ3) is 2.47. The van der Waals surface area contributed by atoms with E-state index in [0.717, 1.165) is 37.2 Å². The van der Waals surface area contributed by atoms with Gasteiger partial charge in [-0.3, -0.25) is 14.3 Å². The molecule has 1 N–H and O–H groups in total. The van der Waals surface area contributed by atoms with Gasteiger partial charge < -0.3 is 10.2 Å². The highest BCUT2D eigenvalue weighted by Crippen LogP contribution is 2.27. The van der Waals surface area contributed by atoms with Crippen molar-refractivity contribution in [3.05, 3.63) is 11.3 Å². The van der Waals surface area contributed by atoms with E-state index in [2.05, 4.69) is 15.3 Å². The van der Waals surface area contributed by atoms with Crippen LogP contribution in [0.4, 0.5) is 5.82 Å². The number of carbonyl (C=O) groups excluding carboxylic acids is 2. The van der Waals surface area contributed by atoms with Crippen LogP contribution in [0.5, 0.6) is 0 Å². The Balaban J connectivity index is 2.27. The monoisotopic (exact) mass is 264 g/mol. The minimum atomic E-state index is -0.0199. The van der Waals surface area contributed by atoms with Crippen LogP contribution in [0.2, 0.25) is 0 Å². The molecule has 1 unspecified atom stereocenters. The molecule has 1 aromatic heterocycles. The third-order valence-corrected chi connectivity index (χ3v) is 3.69. The molecule has 0 spiro atoms. The summed E-state index contributed by atoms with van der Waals surface area (Å²) in [5, 5.41) is 6.99. The second-order valence-electron chi connectivity index (χ2n) is 4.96. The number of carbonyl (C=O) groups is 2. The highest BCUT2D eigenvalue weighted by atomic mass is 16.1. The molecule has 1 aromatic rings. The molecule has 6 heteroatoms. The predicted molar refractivity (Wildman–Crippen MR) is 72.3 cm³/mol. The van der Waals surface area contributed by atoms with Crippen LogP contribution in [0.1, 0.15) is 28.9 Å². The first-order valence-corrected chi connectivity index (χ1v) is 6.53. The average molecular weight is 264 g/mol. The summed E-state index contributed by atoms with van der Waals surface area (Å²) >= 11 is 0. The lowest BCUT2D eigenvalue weighted by atomic mass is 9.97. The molecule has 2 rings (SSSR count). The first-order chi connectivity index (χ1) is 9.08. The molecular formula is C13H20N4O2. The van der Waals surface area contributed by atoms with Gasteiger partial charge in [-0.25, -0.2) is 0 Å². The fourth-order valence-corrected chi connectivity index (χ4v) is 2.76. The highest BCUT2D eigenvalue weighted by molar-refractivity contribution is 5.85. The highest BCUT2D eigenvalue weighted by Gasteiger charge is 2.28. The van der Waals surface area contributed by atoms with Crippen molar-refractivity contribution in [1.29, 1.82) is 0 Å². The van der Waals surface area contributed by atoms with Gasteiger partial charge in [0.15, 0.2) is 6.29 Å². The molecule has 0 saturated carbocycles. The number of aryl methyl sites for hydroxylation is 2. The zero-order valence-corrected chi connectivity index (χ0v) is 11.6. The van der Waals surface area contributed by atoms with Crippen LogP contribution >= 0.6 is 0 Å². The molecule has 1 aliphatic rings. The maximum atomic E-state index is 11.8. The van der Waals surface area contributed by atoms with E-state index >= 15 is 0 Å². The van der Waals surface area contributed by atoms with Gasteiger partial charge >= 0.3 is 0 Å². The summed E-state index contributed by atoms with van der Waals surface area (Å²) in [7, 11) is 3.49. The number of hydrogen-bond acceptors (Lipinski definition) is 4. The Labute approximate surface area is 112 Å². The lowest BCUT2D eigenvalue weighted by Crippen LogP contribution is -2.43. The van der Waals surface area contributed by atoms with Gasteiger partial charge in [0, 0.05) is 27.2 Å². The van der Waals surface area contributed by atoms with Gasteiger partial charge in [-0.2, -0.15) is 5.10 Å². The number of nitrogens with zero attached hydrogens (tertiary/aromatic N) is 3. The third-order valence-electron chi connectivity index (χ3n) is 3.69. The van der Waals surface area contributed by atoms with E-state index in [0.29, 0.717) is 12.1 Å². The second kappa shape index (κ2) is 5.42. The van der Waals surface area contributed by atoms with Crippen LogP contribution in [0.15, 0.2) is 0 Å². The fourth-order valence-electron chi connectivity index (χ4n) is 2.76. The zero-order valence-electron chi connectivity index (χ0n) is 11.6. The smallest absolute Gasteiger partial charge is 0.224 e. The average Bonchev–Trinajstić information content (AvgIpc) is 2.71. The van der Waals surface area contributed by atoms with Crippen molar-refractivity contribution in [1.82, 2.24) is 15.1 Å². The van der Waals surface area contributed by atoms with Crippen LogP contribution in [0.25, 0.3) is 0 Å². The van der Waals surface area contributed by atoms with Gasteiger partial charge in [-0.15, -0.1) is 0 Å². The summed E-state index contributed by atoms with van der Waals surface area (Å²) in [5.74, 6) is 0.866. The number of hydrogen-bond donors (Lipinski definition) is 1. The molecule has 0 radical (unpaired) electrons. The van der Waals surface area contributed by atoms with Crippen molar-refractivity contribution in [2.75, 3.05) is 25.0 Å². The molecule has 19 heavy (non-hydrogen) atoms. The summed E-state index contributed by atoms with van der Waals surface area (Å²) in [6.07, 6.45) is 2.69. The number of nitrogens with one attached hydrogen (secondary N) is 1. The van der Waals surface area contributed by atoms with Crippen molar-refractivity contribution >= 4 is 18.0 Å². The molecule has 6 nitrogen and oxygen atoms in total. The molecule has 1 amide bonds. The van der Waals surface area contributed by atoms with E-state index in [1.807, 2.05) is 14.0 Å². The Morgan fingerprint density at radius 2 is 2.26 bits per heavy atom. The Morgan fingerprint density at radius 3 is 2.89 bits per heavy atom. The van der Waals surface area contributed by atoms with Crippen molar-refractivity contribution in [3.8, 4) is 0 Å². The Kier molecular flexibility index (Phi) is 3.87. The first-order valence-electron chi connectivity index (χ1n) is 6.53. The summed E-state index contributed by atoms with van der Waals surface area (Å²) in [6.45, 7) is 3.32. The van der Waals surface area contributed by atoms with Gasteiger partial charge in [0.25, 0.3) is 0 Å². The lowest BCUT2D eigenvalue weighted by Gasteiger charge is -2.33. The maximum absolute atomic E-state index is 11.8. The molecule has 0 aromatic carbocycles. The van der Waals surface area contributed by atoms with Gasteiger partial charge in [0.1, 0.15) is 5.82 Å². The van der Waals surface area contributed by atoms with Crippen LogP contribution in [-0.4, -0.2) is 42.1 Å².